The molecule has 6 nitrogen and oxygen atoms in total. The van der Waals surface area contributed by atoms with Crippen molar-refractivity contribution in [2.24, 2.45) is 11.1 Å². The van der Waals surface area contributed by atoms with Crippen LogP contribution in [0.4, 0.5) is 0 Å². The van der Waals surface area contributed by atoms with Gasteiger partial charge in [0.25, 0.3) is 0 Å². The van der Waals surface area contributed by atoms with Gasteiger partial charge in [-0.15, -0.1) is 0 Å². The average molecular weight is 272 g/mol. The molecule has 1 rings (SSSR count). The minimum absolute atomic E-state index is 0.0389. The van der Waals surface area contributed by atoms with Crippen molar-refractivity contribution in [3.05, 3.63) is 0 Å². The molecule has 0 aliphatic heterocycles. The molecule has 19 heavy (non-hydrogen) atoms. The number of hydrogen-bond donors (Lipinski definition) is 3. The van der Waals surface area contributed by atoms with Crippen molar-refractivity contribution in [1.29, 1.82) is 0 Å². The fraction of sp³-hybridized carbons (Fsp3) is 0.846. The molecule has 110 valence electrons. The highest BCUT2D eigenvalue weighted by molar-refractivity contribution is 5.89. The zero-order valence-electron chi connectivity index (χ0n) is 12.0. The Morgan fingerprint density at radius 2 is 2.11 bits per heavy atom. The Morgan fingerprint density at radius 3 is 2.53 bits per heavy atom. The number of amides is 1. The van der Waals surface area contributed by atoms with Gasteiger partial charge in [0.15, 0.2) is 0 Å². The summed E-state index contributed by atoms with van der Waals surface area (Å²) in [6.45, 7) is 7.94. The first kappa shape index (κ1) is 15.9. The molecule has 0 aromatic carbocycles. The second-order valence-electron chi connectivity index (χ2n) is 5.81. The molecule has 0 aromatic rings. The minimum atomic E-state index is -1.00. The van der Waals surface area contributed by atoms with Gasteiger partial charge in [0.05, 0.1) is 12.5 Å². The third-order valence-electron chi connectivity index (χ3n) is 4.09. The summed E-state index contributed by atoms with van der Waals surface area (Å²) in [6, 6.07) is -0.438. The van der Waals surface area contributed by atoms with E-state index in [0.29, 0.717) is 13.0 Å². The highest BCUT2D eigenvalue weighted by atomic mass is 16.5. The predicted molar refractivity (Wildman–Crippen MR) is 70.6 cm³/mol. The van der Waals surface area contributed by atoms with Gasteiger partial charge in [-0.3, -0.25) is 9.59 Å². The summed E-state index contributed by atoms with van der Waals surface area (Å²) in [5, 5.41) is 11.4. The lowest BCUT2D eigenvalue weighted by molar-refractivity contribution is -0.171. The predicted octanol–water partition coefficient (Wildman–Crippen LogP) is 0.498. The molecule has 0 bridgehead atoms. The highest BCUT2D eigenvalue weighted by Crippen LogP contribution is 2.49. The van der Waals surface area contributed by atoms with E-state index in [4.69, 9.17) is 15.6 Å². The summed E-state index contributed by atoms with van der Waals surface area (Å²) in [6.07, 6.45) is 0.305. The van der Waals surface area contributed by atoms with E-state index in [9.17, 15) is 9.59 Å². The summed E-state index contributed by atoms with van der Waals surface area (Å²) >= 11 is 0. The Kier molecular flexibility index (Phi) is 4.58. The lowest BCUT2D eigenvalue weighted by Gasteiger charge is -2.57. The number of carbonyl (C=O) groups excluding carboxylic acids is 1. The summed E-state index contributed by atoms with van der Waals surface area (Å²) < 4.78 is 5.55. The van der Waals surface area contributed by atoms with Crippen LogP contribution in [0, 0.1) is 5.41 Å². The molecule has 0 radical (unpaired) electrons. The first-order valence-corrected chi connectivity index (χ1v) is 6.58. The molecule has 6 heteroatoms. The Hall–Kier alpha value is -1.14. The Balaban J connectivity index is 2.65. The number of carboxylic acid groups (broad SMARTS) is 1. The summed E-state index contributed by atoms with van der Waals surface area (Å²) in [4.78, 5) is 22.8. The van der Waals surface area contributed by atoms with Crippen molar-refractivity contribution in [3.8, 4) is 0 Å². The number of carboxylic acids is 1. The standard InChI is InChI=1S/C13H24N2O4/c1-5-19-9-7-13(14,12(9,3)4)11(18)15-8(2)6-10(16)17/h8-9H,5-7,14H2,1-4H3,(H,15,18)(H,16,17). The average Bonchev–Trinajstić information content (AvgIpc) is 2.27. The molecule has 3 unspecified atom stereocenters. The number of nitrogens with two attached hydrogens (primary N) is 1. The van der Waals surface area contributed by atoms with Gasteiger partial charge in [0.1, 0.15) is 5.54 Å². The minimum Gasteiger partial charge on any atom is -0.481 e. The van der Waals surface area contributed by atoms with Crippen molar-refractivity contribution >= 4 is 11.9 Å². The van der Waals surface area contributed by atoms with Gasteiger partial charge >= 0.3 is 5.97 Å². The van der Waals surface area contributed by atoms with E-state index in [1.807, 2.05) is 20.8 Å². The van der Waals surface area contributed by atoms with Gasteiger partial charge in [-0.25, -0.2) is 0 Å². The van der Waals surface area contributed by atoms with Gasteiger partial charge in [0, 0.05) is 24.5 Å². The number of carbonyl (C=O) groups is 2. The van der Waals surface area contributed by atoms with Gasteiger partial charge in [0.2, 0.25) is 5.91 Å². The van der Waals surface area contributed by atoms with Crippen LogP contribution < -0.4 is 11.1 Å². The van der Waals surface area contributed by atoms with Gasteiger partial charge in [-0.05, 0) is 13.8 Å². The van der Waals surface area contributed by atoms with Crippen molar-refractivity contribution < 1.29 is 19.4 Å². The second kappa shape index (κ2) is 5.46. The quantitative estimate of drug-likeness (QED) is 0.653. The molecule has 0 spiro atoms. The molecule has 1 aliphatic rings. The van der Waals surface area contributed by atoms with Crippen molar-refractivity contribution in [2.75, 3.05) is 6.61 Å². The largest absolute Gasteiger partial charge is 0.481 e. The van der Waals surface area contributed by atoms with Gasteiger partial charge < -0.3 is 20.9 Å². The van der Waals surface area contributed by atoms with Crippen LogP contribution in [0.25, 0.3) is 0 Å². The van der Waals surface area contributed by atoms with Gasteiger partial charge in [-0.1, -0.05) is 13.8 Å². The molecule has 4 N–H and O–H groups in total. The van der Waals surface area contributed by atoms with Crippen molar-refractivity contribution in [3.63, 3.8) is 0 Å². The first-order chi connectivity index (χ1) is 8.65. The molecule has 0 heterocycles. The molecule has 1 fully saturated rings. The van der Waals surface area contributed by atoms with Crippen LogP contribution in [0.15, 0.2) is 0 Å². The Bertz CT molecular complexity index is 370. The van der Waals surface area contributed by atoms with Crippen molar-refractivity contribution in [2.45, 2.75) is 58.2 Å². The zero-order valence-corrected chi connectivity index (χ0v) is 12.0. The SMILES string of the molecule is CCOC1CC(N)(C(=O)NC(C)CC(=O)O)C1(C)C. The van der Waals surface area contributed by atoms with E-state index in [1.165, 1.54) is 0 Å². The third kappa shape index (κ3) is 2.90. The highest BCUT2D eigenvalue weighted by Gasteiger charge is 2.62. The van der Waals surface area contributed by atoms with Crippen LogP contribution in [0.2, 0.25) is 0 Å². The van der Waals surface area contributed by atoms with Crippen LogP contribution in [0.3, 0.4) is 0 Å². The van der Waals surface area contributed by atoms with Crippen molar-refractivity contribution in [1.82, 2.24) is 5.32 Å². The molecule has 0 saturated heterocycles. The van der Waals surface area contributed by atoms with Crippen LogP contribution in [0.1, 0.15) is 40.5 Å². The second-order valence-corrected chi connectivity index (χ2v) is 5.81. The van der Waals surface area contributed by atoms with Crippen LogP contribution in [-0.2, 0) is 14.3 Å². The number of rotatable bonds is 6. The number of nitrogens with one attached hydrogen (secondary N) is 1. The normalized spacial score (nSPS) is 30.3. The molecule has 3 atom stereocenters. The van der Waals surface area contributed by atoms with E-state index in [2.05, 4.69) is 5.32 Å². The molecule has 1 aliphatic carbocycles. The van der Waals surface area contributed by atoms with Crippen LogP contribution >= 0.6 is 0 Å². The monoisotopic (exact) mass is 272 g/mol. The third-order valence-corrected chi connectivity index (χ3v) is 4.09. The van der Waals surface area contributed by atoms with E-state index in [0.717, 1.165) is 0 Å². The summed E-state index contributed by atoms with van der Waals surface area (Å²) in [7, 11) is 0. The molecule has 1 amide bonds. The maximum absolute atomic E-state index is 12.2. The van der Waals surface area contributed by atoms with E-state index >= 15 is 0 Å². The first-order valence-electron chi connectivity index (χ1n) is 6.58. The summed E-state index contributed by atoms with van der Waals surface area (Å²) in [5.74, 6) is -1.25. The fourth-order valence-corrected chi connectivity index (χ4v) is 2.49. The van der Waals surface area contributed by atoms with E-state index in [1.54, 1.807) is 6.92 Å². The number of ether oxygens (including phenoxy) is 1. The Labute approximate surface area is 113 Å². The zero-order chi connectivity index (χ0) is 14.8. The van der Waals surface area contributed by atoms with Crippen LogP contribution in [-0.4, -0.2) is 41.3 Å². The van der Waals surface area contributed by atoms with E-state index in [-0.39, 0.29) is 18.4 Å². The maximum atomic E-state index is 12.2. The number of hydrogen-bond acceptors (Lipinski definition) is 4. The molecule has 0 aromatic heterocycles. The maximum Gasteiger partial charge on any atom is 0.305 e. The van der Waals surface area contributed by atoms with Crippen LogP contribution in [0.5, 0.6) is 0 Å². The Morgan fingerprint density at radius 1 is 1.53 bits per heavy atom. The van der Waals surface area contributed by atoms with Gasteiger partial charge in [-0.2, -0.15) is 0 Å². The lowest BCUT2D eigenvalue weighted by Crippen LogP contribution is -2.76. The molecular weight excluding hydrogens is 248 g/mol. The smallest absolute Gasteiger partial charge is 0.305 e. The number of aliphatic carboxylic acids is 1. The topological polar surface area (TPSA) is 102 Å². The fourth-order valence-electron chi connectivity index (χ4n) is 2.49. The summed E-state index contributed by atoms with van der Waals surface area (Å²) in [5.41, 5.74) is 4.72. The lowest BCUT2D eigenvalue weighted by atomic mass is 9.54. The molecular formula is C13H24N2O4. The van der Waals surface area contributed by atoms with E-state index < -0.39 is 23.0 Å². The molecule has 1 saturated carbocycles.